The predicted octanol–water partition coefficient (Wildman–Crippen LogP) is 1.82. The van der Waals surface area contributed by atoms with Crippen LogP contribution < -0.4 is 16.0 Å². The van der Waals surface area contributed by atoms with E-state index in [1.165, 1.54) is 4.90 Å². The zero-order chi connectivity index (χ0) is 21.2. The minimum absolute atomic E-state index is 0.0132. The van der Waals surface area contributed by atoms with Crippen molar-refractivity contribution in [1.29, 1.82) is 0 Å². The van der Waals surface area contributed by atoms with Gasteiger partial charge >= 0.3 is 0 Å². The molecule has 0 spiro atoms. The van der Waals surface area contributed by atoms with Crippen LogP contribution in [0.4, 0.5) is 11.4 Å². The molecule has 0 atom stereocenters. The molecule has 3 N–H and O–H groups in total. The third-order valence-electron chi connectivity index (χ3n) is 4.02. The summed E-state index contributed by atoms with van der Waals surface area (Å²) in [6.07, 6.45) is 0. The molecule has 0 bridgehead atoms. The summed E-state index contributed by atoms with van der Waals surface area (Å²) in [5.41, 5.74) is 2.13. The standard InChI is InChI=1S/C21H26N4O4/c1-25(2)21(28)15-8-10-16(11-9-15)24-19(26)14-23-18-7-5-4-6-17(18)20(27)22-12-13-29-3/h4-11,23H,12-14H2,1-3H3,(H,22,27)(H,24,26). The summed E-state index contributed by atoms with van der Waals surface area (Å²) < 4.78 is 4.92. The van der Waals surface area contributed by atoms with Gasteiger partial charge < -0.3 is 25.6 Å². The van der Waals surface area contributed by atoms with Gasteiger partial charge in [-0.05, 0) is 36.4 Å². The molecule has 0 fully saturated rings. The van der Waals surface area contributed by atoms with Gasteiger partial charge in [0.25, 0.3) is 11.8 Å². The van der Waals surface area contributed by atoms with E-state index in [0.717, 1.165) is 0 Å². The van der Waals surface area contributed by atoms with Gasteiger partial charge in [0, 0.05) is 44.7 Å². The summed E-state index contributed by atoms with van der Waals surface area (Å²) in [7, 11) is 4.92. The van der Waals surface area contributed by atoms with E-state index in [4.69, 9.17) is 4.74 Å². The largest absolute Gasteiger partial charge is 0.383 e. The van der Waals surface area contributed by atoms with Gasteiger partial charge in [-0.2, -0.15) is 0 Å². The first kappa shape index (κ1) is 21.9. The molecule has 0 unspecified atom stereocenters. The number of benzene rings is 2. The Morgan fingerprint density at radius 1 is 1.00 bits per heavy atom. The first-order chi connectivity index (χ1) is 13.9. The first-order valence-corrected chi connectivity index (χ1v) is 9.14. The fourth-order valence-corrected chi connectivity index (χ4v) is 2.53. The molecule has 0 aliphatic heterocycles. The van der Waals surface area contributed by atoms with Crippen molar-refractivity contribution in [2.45, 2.75) is 0 Å². The molecule has 0 aliphatic rings. The second-order valence-corrected chi connectivity index (χ2v) is 6.47. The van der Waals surface area contributed by atoms with Gasteiger partial charge in [0.2, 0.25) is 5.91 Å². The molecule has 0 heterocycles. The van der Waals surface area contributed by atoms with E-state index in [2.05, 4.69) is 16.0 Å². The van der Waals surface area contributed by atoms with Crippen molar-refractivity contribution in [3.63, 3.8) is 0 Å². The lowest BCUT2D eigenvalue weighted by Crippen LogP contribution is -2.28. The zero-order valence-corrected chi connectivity index (χ0v) is 16.8. The van der Waals surface area contributed by atoms with Crippen molar-refractivity contribution in [2.75, 3.05) is 51.5 Å². The number of rotatable bonds is 9. The van der Waals surface area contributed by atoms with Crippen molar-refractivity contribution in [2.24, 2.45) is 0 Å². The summed E-state index contributed by atoms with van der Waals surface area (Å²) in [6, 6.07) is 13.6. The van der Waals surface area contributed by atoms with Crippen LogP contribution in [0.2, 0.25) is 0 Å². The van der Waals surface area contributed by atoms with Crippen molar-refractivity contribution >= 4 is 29.1 Å². The number of hydrogen-bond donors (Lipinski definition) is 3. The SMILES string of the molecule is COCCNC(=O)c1ccccc1NCC(=O)Nc1ccc(C(=O)N(C)C)cc1. The fourth-order valence-electron chi connectivity index (χ4n) is 2.53. The van der Waals surface area contributed by atoms with Crippen LogP contribution in [0.5, 0.6) is 0 Å². The summed E-state index contributed by atoms with van der Waals surface area (Å²) in [4.78, 5) is 37.9. The van der Waals surface area contributed by atoms with Gasteiger partial charge in [-0.25, -0.2) is 0 Å². The van der Waals surface area contributed by atoms with E-state index in [9.17, 15) is 14.4 Å². The van der Waals surface area contributed by atoms with E-state index < -0.39 is 0 Å². The van der Waals surface area contributed by atoms with Crippen LogP contribution in [0.3, 0.4) is 0 Å². The van der Waals surface area contributed by atoms with Crippen molar-refractivity contribution in [1.82, 2.24) is 10.2 Å². The van der Waals surface area contributed by atoms with Gasteiger partial charge in [-0.1, -0.05) is 12.1 Å². The maximum Gasteiger partial charge on any atom is 0.253 e. The number of ether oxygens (including phenoxy) is 1. The number of hydrogen-bond acceptors (Lipinski definition) is 5. The van der Waals surface area contributed by atoms with Crippen molar-refractivity contribution in [3.05, 3.63) is 59.7 Å². The van der Waals surface area contributed by atoms with E-state index >= 15 is 0 Å². The Morgan fingerprint density at radius 2 is 1.69 bits per heavy atom. The number of nitrogens with zero attached hydrogens (tertiary/aromatic N) is 1. The average Bonchev–Trinajstić information content (AvgIpc) is 2.72. The highest BCUT2D eigenvalue weighted by Crippen LogP contribution is 2.15. The van der Waals surface area contributed by atoms with Crippen molar-refractivity contribution < 1.29 is 19.1 Å². The van der Waals surface area contributed by atoms with E-state index in [1.54, 1.807) is 69.7 Å². The molecule has 29 heavy (non-hydrogen) atoms. The third kappa shape index (κ3) is 6.62. The lowest BCUT2D eigenvalue weighted by molar-refractivity contribution is -0.114. The molecular formula is C21H26N4O4. The highest BCUT2D eigenvalue weighted by atomic mass is 16.5. The third-order valence-corrected chi connectivity index (χ3v) is 4.02. The Morgan fingerprint density at radius 3 is 2.34 bits per heavy atom. The van der Waals surface area contributed by atoms with Gasteiger partial charge in [0.1, 0.15) is 0 Å². The number of carbonyl (C=O) groups excluding carboxylic acids is 3. The molecule has 154 valence electrons. The lowest BCUT2D eigenvalue weighted by Gasteiger charge is -2.13. The molecule has 0 saturated carbocycles. The summed E-state index contributed by atoms with van der Waals surface area (Å²) >= 11 is 0. The number of para-hydroxylation sites is 1. The topological polar surface area (TPSA) is 99.8 Å². The maximum atomic E-state index is 12.3. The summed E-state index contributed by atoms with van der Waals surface area (Å²) in [5, 5.41) is 8.49. The number of amides is 3. The lowest BCUT2D eigenvalue weighted by atomic mass is 10.1. The minimum atomic E-state index is -0.272. The average molecular weight is 398 g/mol. The molecule has 2 rings (SSSR count). The van der Waals surface area contributed by atoms with Crippen LogP contribution in [-0.4, -0.2) is 63.5 Å². The Hall–Kier alpha value is -3.39. The predicted molar refractivity (Wildman–Crippen MR) is 112 cm³/mol. The highest BCUT2D eigenvalue weighted by Gasteiger charge is 2.12. The Bertz CT molecular complexity index is 850. The van der Waals surface area contributed by atoms with Crippen LogP contribution in [-0.2, 0) is 9.53 Å². The van der Waals surface area contributed by atoms with Crippen LogP contribution in [0.1, 0.15) is 20.7 Å². The van der Waals surface area contributed by atoms with E-state index in [-0.39, 0.29) is 24.3 Å². The molecule has 8 heteroatoms. The molecule has 0 radical (unpaired) electrons. The quantitative estimate of drug-likeness (QED) is 0.560. The second kappa shape index (κ2) is 10.8. The Kier molecular flexibility index (Phi) is 8.17. The highest BCUT2D eigenvalue weighted by molar-refractivity contribution is 6.01. The minimum Gasteiger partial charge on any atom is -0.383 e. The number of anilines is 2. The summed E-state index contributed by atoms with van der Waals surface area (Å²) in [6.45, 7) is 0.805. The molecule has 2 aromatic carbocycles. The van der Waals surface area contributed by atoms with Crippen molar-refractivity contribution in [3.8, 4) is 0 Å². The first-order valence-electron chi connectivity index (χ1n) is 9.14. The number of nitrogens with one attached hydrogen (secondary N) is 3. The fraction of sp³-hybridized carbons (Fsp3) is 0.286. The van der Waals surface area contributed by atoms with Gasteiger partial charge in [-0.15, -0.1) is 0 Å². The smallest absolute Gasteiger partial charge is 0.253 e. The Labute approximate surface area is 170 Å². The molecule has 0 saturated heterocycles. The molecule has 0 aromatic heterocycles. The van der Waals surface area contributed by atoms with Crippen LogP contribution in [0, 0.1) is 0 Å². The van der Waals surface area contributed by atoms with Crippen LogP contribution >= 0.6 is 0 Å². The molecular weight excluding hydrogens is 372 g/mol. The summed E-state index contributed by atoms with van der Waals surface area (Å²) in [5.74, 6) is -0.622. The van der Waals surface area contributed by atoms with Crippen LogP contribution in [0.25, 0.3) is 0 Å². The van der Waals surface area contributed by atoms with Crippen LogP contribution in [0.15, 0.2) is 48.5 Å². The van der Waals surface area contributed by atoms with Gasteiger partial charge in [-0.3, -0.25) is 14.4 Å². The maximum absolute atomic E-state index is 12.3. The molecule has 2 aromatic rings. The molecule has 8 nitrogen and oxygen atoms in total. The molecule has 0 aliphatic carbocycles. The molecule has 3 amide bonds. The second-order valence-electron chi connectivity index (χ2n) is 6.47. The van der Waals surface area contributed by atoms with E-state index in [1.807, 2.05) is 0 Å². The normalized spacial score (nSPS) is 10.2. The van der Waals surface area contributed by atoms with Gasteiger partial charge in [0.15, 0.2) is 0 Å². The van der Waals surface area contributed by atoms with Gasteiger partial charge in [0.05, 0.1) is 18.7 Å². The Balaban J connectivity index is 1.92. The van der Waals surface area contributed by atoms with E-state index in [0.29, 0.717) is 35.7 Å². The number of carbonyl (C=O) groups is 3. The number of methoxy groups -OCH3 is 1. The monoisotopic (exact) mass is 398 g/mol. The zero-order valence-electron chi connectivity index (χ0n) is 16.8.